The van der Waals surface area contributed by atoms with Gasteiger partial charge in [-0.25, -0.2) is 8.78 Å². The summed E-state index contributed by atoms with van der Waals surface area (Å²) in [6.45, 7) is 6.26. The summed E-state index contributed by atoms with van der Waals surface area (Å²) in [5, 5.41) is 11.9. The average molecular weight is 590 g/mol. The van der Waals surface area contributed by atoms with E-state index in [4.69, 9.17) is 14.7 Å². The molecule has 2 aromatic carbocycles. The van der Waals surface area contributed by atoms with E-state index in [0.29, 0.717) is 32.6 Å². The lowest BCUT2D eigenvalue weighted by Gasteiger charge is -2.42. The Hall–Kier alpha value is -4.04. The third kappa shape index (κ3) is 5.80. The van der Waals surface area contributed by atoms with Crippen molar-refractivity contribution in [3.05, 3.63) is 53.2 Å². The van der Waals surface area contributed by atoms with E-state index in [0.717, 1.165) is 29.3 Å². The molecule has 0 radical (unpaired) electrons. The molecule has 1 amide bonds. The fourth-order valence-electron chi connectivity index (χ4n) is 6.85. The Morgan fingerprint density at radius 2 is 1.91 bits per heavy atom. The molecule has 3 aliphatic heterocycles. The Labute approximate surface area is 250 Å². The number of anilines is 2. The van der Waals surface area contributed by atoms with E-state index in [1.54, 1.807) is 16.8 Å². The minimum Gasteiger partial charge on any atom is -0.462 e. The van der Waals surface area contributed by atoms with E-state index in [9.17, 15) is 18.8 Å². The second kappa shape index (κ2) is 11.6. The molecule has 2 atom stereocenters. The Morgan fingerprint density at radius 1 is 1.12 bits per heavy atom. The number of amides is 1. The number of alkyl halides is 2. The summed E-state index contributed by atoms with van der Waals surface area (Å²) in [6.07, 6.45) is 0.669. The first-order valence-electron chi connectivity index (χ1n) is 14.9. The maximum Gasteiger partial charge on any atom is 0.318 e. The molecule has 9 nitrogen and oxygen atoms in total. The van der Waals surface area contributed by atoms with Crippen LogP contribution in [-0.4, -0.2) is 90.1 Å². The number of hydrogen-bond acceptors (Lipinski definition) is 8. The van der Waals surface area contributed by atoms with Gasteiger partial charge in [0.25, 0.3) is 5.92 Å². The zero-order chi connectivity index (χ0) is 30.3. The number of likely N-dealkylation sites (N-methyl/N-ethyl adjacent to an activating group) is 1. The van der Waals surface area contributed by atoms with Crippen LogP contribution in [0.4, 0.5) is 20.3 Å². The molecule has 3 aliphatic rings. The smallest absolute Gasteiger partial charge is 0.318 e. The van der Waals surface area contributed by atoms with Gasteiger partial charge in [-0.1, -0.05) is 30.3 Å². The molecule has 4 heterocycles. The number of piperazine rings is 1. The summed E-state index contributed by atoms with van der Waals surface area (Å²) in [7, 11) is 1.68. The quantitative estimate of drug-likeness (QED) is 0.424. The fraction of sp³-hybridized carbons (Fsp3) is 0.500. The lowest BCUT2D eigenvalue weighted by molar-refractivity contribution is -0.131. The number of nitriles is 1. The topological polar surface area (TPSA) is 88.8 Å². The lowest BCUT2D eigenvalue weighted by atomic mass is 9.99. The van der Waals surface area contributed by atoms with Crippen LogP contribution in [0.1, 0.15) is 36.6 Å². The fourth-order valence-corrected chi connectivity index (χ4v) is 6.85. The summed E-state index contributed by atoms with van der Waals surface area (Å²) >= 11 is 0. The molecule has 43 heavy (non-hydrogen) atoms. The number of halogens is 2. The summed E-state index contributed by atoms with van der Waals surface area (Å²) in [5.74, 6) is -2.05. The van der Waals surface area contributed by atoms with E-state index >= 15 is 0 Å². The van der Waals surface area contributed by atoms with Crippen molar-refractivity contribution in [1.29, 1.82) is 5.26 Å². The molecule has 0 saturated carbocycles. The molecule has 226 valence electrons. The van der Waals surface area contributed by atoms with Crippen LogP contribution in [0.25, 0.3) is 10.8 Å². The third-order valence-electron chi connectivity index (χ3n) is 9.01. The van der Waals surface area contributed by atoms with Gasteiger partial charge in [0.15, 0.2) is 0 Å². The Morgan fingerprint density at radius 3 is 2.63 bits per heavy atom. The molecule has 0 unspecified atom stereocenters. The Bertz CT molecular complexity index is 1570. The number of carbonyl (C=O) groups excluding carboxylic acids is 1. The van der Waals surface area contributed by atoms with Gasteiger partial charge in [-0.3, -0.25) is 9.69 Å². The standard InChI is InChI=1S/C32H37F2N7O2/c1-21-6-4-7-23-8-5-9-28(29(21)23)39-13-11-26-27(18-39)36-31(43-19-25-16-32(33,34)20-38(25)3)37-30(26)40-14-15-41(22(2)42)24(17-40)10-12-35/h4-9,24-25H,10-11,13-20H2,1-3H3/t24-,25-/m0/s1. The summed E-state index contributed by atoms with van der Waals surface area (Å²) < 4.78 is 34.1. The molecule has 0 N–H and O–H groups in total. The van der Waals surface area contributed by atoms with Gasteiger partial charge in [-0.2, -0.15) is 15.2 Å². The highest BCUT2D eigenvalue weighted by Gasteiger charge is 2.43. The van der Waals surface area contributed by atoms with Crippen molar-refractivity contribution in [2.75, 3.05) is 56.2 Å². The van der Waals surface area contributed by atoms with Gasteiger partial charge in [0, 0.05) is 62.2 Å². The first-order chi connectivity index (χ1) is 20.6. The van der Waals surface area contributed by atoms with E-state index in [2.05, 4.69) is 59.2 Å². The van der Waals surface area contributed by atoms with Crippen LogP contribution < -0.4 is 14.5 Å². The van der Waals surface area contributed by atoms with Gasteiger partial charge < -0.3 is 19.4 Å². The van der Waals surface area contributed by atoms with Gasteiger partial charge in [0.1, 0.15) is 12.4 Å². The zero-order valence-electron chi connectivity index (χ0n) is 24.9. The number of fused-ring (bicyclic) bond motifs is 2. The summed E-state index contributed by atoms with van der Waals surface area (Å²) in [6, 6.07) is 14.4. The van der Waals surface area contributed by atoms with Crippen molar-refractivity contribution in [3.63, 3.8) is 0 Å². The molecule has 3 aromatic rings. The molecular formula is C32H37F2N7O2. The van der Waals surface area contributed by atoms with Crippen molar-refractivity contribution in [2.45, 2.75) is 57.7 Å². The number of rotatable bonds is 6. The number of likely N-dealkylation sites (tertiary alicyclic amines) is 1. The van der Waals surface area contributed by atoms with E-state index in [1.807, 2.05) is 0 Å². The molecule has 11 heteroatoms. The van der Waals surface area contributed by atoms with Gasteiger partial charge in [0.05, 0.1) is 37.3 Å². The van der Waals surface area contributed by atoms with Gasteiger partial charge in [-0.05, 0) is 37.4 Å². The largest absolute Gasteiger partial charge is 0.462 e. The number of hydrogen-bond donors (Lipinski definition) is 0. The van der Waals surface area contributed by atoms with E-state index in [-0.39, 0.29) is 44.0 Å². The Kier molecular flexibility index (Phi) is 7.81. The molecule has 2 saturated heterocycles. The number of ether oxygens (including phenoxy) is 1. The van der Waals surface area contributed by atoms with E-state index < -0.39 is 12.0 Å². The van der Waals surface area contributed by atoms with Crippen molar-refractivity contribution >= 4 is 28.2 Å². The Balaban J connectivity index is 1.34. The molecule has 2 fully saturated rings. The SMILES string of the molecule is CC(=O)N1CCN(c2nc(OC[C@@H]3CC(F)(F)CN3C)nc3c2CCN(c2cccc4cccc(C)c24)C3)C[C@@H]1CC#N. The third-order valence-corrected chi connectivity index (χ3v) is 9.01. The second-order valence-electron chi connectivity index (χ2n) is 12.0. The van der Waals surface area contributed by atoms with Crippen LogP contribution in [0.15, 0.2) is 36.4 Å². The van der Waals surface area contributed by atoms with Crippen molar-refractivity contribution in [3.8, 4) is 12.1 Å². The zero-order valence-corrected chi connectivity index (χ0v) is 24.9. The molecular weight excluding hydrogens is 552 g/mol. The lowest BCUT2D eigenvalue weighted by Crippen LogP contribution is -2.55. The number of carbonyl (C=O) groups is 1. The molecule has 0 aliphatic carbocycles. The molecule has 0 spiro atoms. The minimum absolute atomic E-state index is 0.0489. The monoisotopic (exact) mass is 589 g/mol. The van der Waals surface area contributed by atoms with Gasteiger partial charge in [0.2, 0.25) is 5.91 Å². The maximum absolute atomic E-state index is 14.0. The molecule has 1 aromatic heterocycles. The molecule has 0 bridgehead atoms. The average Bonchev–Trinajstić information content (AvgIpc) is 3.25. The van der Waals surface area contributed by atoms with Gasteiger partial charge >= 0.3 is 6.01 Å². The maximum atomic E-state index is 14.0. The number of nitrogens with zero attached hydrogens (tertiary/aromatic N) is 7. The van der Waals surface area contributed by atoms with Crippen LogP contribution in [-0.2, 0) is 17.8 Å². The first-order valence-corrected chi connectivity index (χ1v) is 14.9. The predicted molar refractivity (Wildman–Crippen MR) is 161 cm³/mol. The molecule has 6 rings (SSSR count). The summed E-state index contributed by atoms with van der Waals surface area (Å²) in [4.78, 5) is 29.8. The number of benzene rings is 2. The van der Waals surface area contributed by atoms with Crippen molar-refractivity contribution in [1.82, 2.24) is 19.8 Å². The highest BCUT2D eigenvalue weighted by atomic mass is 19.3. The normalized spacial score (nSPS) is 22.0. The van der Waals surface area contributed by atoms with Crippen molar-refractivity contribution < 1.29 is 18.3 Å². The minimum atomic E-state index is -2.74. The summed E-state index contributed by atoms with van der Waals surface area (Å²) in [5.41, 5.74) is 4.21. The number of aromatic nitrogens is 2. The van der Waals surface area contributed by atoms with Crippen LogP contribution >= 0.6 is 0 Å². The van der Waals surface area contributed by atoms with E-state index in [1.165, 1.54) is 23.3 Å². The first kappa shape index (κ1) is 29.1. The van der Waals surface area contributed by atoms with Crippen LogP contribution in [0.2, 0.25) is 0 Å². The second-order valence-corrected chi connectivity index (χ2v) is 12.0. The van der Waals surface area contributed by atoms with Crippen molar-refractivity contribution in [2.24, 2.45) is 0 Å². The van der Waals surface area contributed by atoms with Crippen LogP contribution in [0.3, 0.4) is 0 Å². The predicted octanol–water partition coefficient (Wildman–Crippen LogP) is 4.17. The van der Waals surface area contributed by atoms with Crippen LogP contribution in [0.5, 0.6) is 6.01 Å². The highest BCUT2D eigenvalue weighted by Crippen LogP contribution is 2.36. The highest BCUT2D eigenvalue weighted by molar-refractivity contribution is 5.97. The number of aryl methyl sites for hydroxylation is 1. The van der Waals surface area contributed by atoms with Crippen LogP contribution in [0, 0.1) is 18.3 Å². The van der Waals surface area contributed by atoms with Gasteiger partial charge in [-0.15, -0.1) is 0 Å².